The smallest absolute Gasteiger partial charge is 0.411 e. The second kappa shape index (κ2) is 11.3. The fourth-order valence-corrected chi connectivity index (χ4v) is 2.86. The summed E-state index contributed by atoms with van der Waals surface area (Å²) in [4.78, 5) is 62.1. The highest BCUT2D eigenvalue weighted by Gasteiger charge is 2.35. The molecule has 0 radical (unpaired) electrons. The van der Waals surface area contributed by atoms with Crippen molar-refractivity contribution in [3.63, 3.8) is 0 Å². The minimum absolute atomic E-state index is 0.0179. The van der Waals surface area contributed by atoms with Gasteiger partial charge in [0.1, 0.15) is 18.2 Å². The van der Waals surface area contributed by atoms with Crippen LogP contribution in [0.2, 0.25) is 0 Å². The van der Waals surface area contributed by atoms with E-state index >= 15 is 0 Å². The van der Waals surface area contributed by atoms with Gasteiger partial charge in [0.25, 0.3) is 11.8 Å². The number of ether oxygens (including phenoxy) is 2. The quantitative estimate of drug-likeness (QED) is 0.635. The van der Waals surface area contributed by atoms with Crippen molar-refractivity contribution in [1.29, 1.82) is 0 Å². The second-order valence-electron chi connectivity index (χ2n) is 8.34. The highest BCUT2D eigenvalue weighted by Crippen LogP contribution is 2.20. The third-order valence-corrected chi connectivity index (χ3v) is 4.35. The van der Waals surface area contributed by atoms with Crippen molar-refractivity contribution in [3.05, 3.63) is 29.8 Å². The van der Waals surface area contributed by atoms with Crippen molar-refractivity contribution >= 4 is 35.7 Å². The lowest BCUT2D eigenvalue weighted by Crippen LogP contribution is -2.46. The minimum Gasteiger partial charge on any atom is -0.444 e. The van der Waals surface area contributed by atoms with Crippen molar-refractivity contribution in [2.75, 3.05) is 5.32 Å². The molecule has 0 aliphatic carbocycles. The van der Waals surface area contributed by atoms with Crippen LogP contribution in [0.5, 0.6) is 0 Å². The molecule has 0 spiro atoms. The van der Waals surface area contributed by atoms with E-state index in [2.05, 4.69) is 10.6 Å². The molecule has 1 aromatic carbocycles. The Morgan fingerprint density at radius 3 is 2.39 bits per heavy atom. The number of alkyl carbamates (subject to hydrolysis) is 1. The van der Waals surface area contributed by atoms with Crippen molar-refractivity contribution in [3.8, 4) is 0 Å². The standard InChI is InChI=1S/C14H22N2O6.C8H7NO2/c1-5-6-9(15-13(20)21-14(2,3)4)12(19)22-16-10(17)7-8-11(16)18;10-8-9-7-4-2-1-3-6(7)5-11-8/h9H,5-8H2,1-4H3,(H,15,20);1-4H,5H2,(H,9,10). The van der Waals surface area contributed by atoms with Gasteiger partial charge in [0.2, 0.25) is 0 Å². The number of anilines is 1. The molecule has 180 valence electrons. The number of carbonyl (C=O) groups is 5. The van der Waals surface area contributed by atoms with Crippen LogP contribution in [0.1, 0.15) is 58.9 Å². The molecule has 4 amide bonds. The molecule has 2 heterocycles. The fourth-order valence-electron chi connectivity index (χ4n) is 2.86. The van der Waals surface area contributed by atoms with E-state index in [-0.39, 0.29) is 18.9 Å². The summed E-state index contributed by atoms with van der Waals surface area (Å²) in [6.45, 7) is 7.29. The van der Waals surface area contributed by atoms with Crippen LogP contribution in [0.3, 0.4) is 0 Å². The van der Waals surface area contributed by atoms with Gasteiger partial charge in [0, 0.05) is 18.4 Å². The molecule has 0 bridgehead atoms. The lowest BCUT2D eigenvalue weighted by molar-refractivity contribution is -0.199. The zero-order chi connectivity index (χ0) is 24.6. The first-order valence-corrected chi connectivity index (χ1v) is 10.6. The molecule has 1 saturated heterocycles. The van der Waals surface area contributed by atoms with E-state index < -0.39 is 35.5 Å². The Balaban J connectivity index is 0.000000288. The molecule has 2 aliphatic rings. The van der Waals surface area contributed by atoms with E-state index in [0.717, 1.165) is 11.3 Å². The van der Waals surface area contributed by atoms with Crippen LogP contribution < -0.4 is 10.6 Å². The highest BCUT2D eigenvalue weighted by molar-refractivity contribution is 6.01. The second-order valence-corrected chi connectivity index (χ2v) is 8.34. The third kappa shape index (κ3) is 8.09. The lowest BCUT2D eigenvalue weighted by Gasteiger charge is -2.23. The number of nitrogens with zero attached hydrogens (tertiary/aromatic N) is 1. The van der Waals surface area contributed by atoms with Gasteiger partial charge in [-0.3, -0.25) is 14.9 Å². The number of hydrogen-bond donors (Lipinski definition) is 2. The lowest BCUT2D eigenvalue weighted by atomic mass is 10.2. The summed E-state index contributed by atoms with van der Waals surface area (Å²) >= 11 is 0. The molecule has 11 heteroatoms. The number of hydrogen-bond acceptors (Lipinski definition) is 8. The van der Waals surface area contributed by atoms with Crippen molar-refractivity contribution in [2.24, 2.45) is 0 Å². The highest BCUT2D eigenvalue weighted by atomic mass is 16.7. The molecule has 2 N–H and O–H groups in total. The maximum atomic E-state index is 12.0. The number of benzene rings is 1. The van der Waals surface area contributed by atoms with E-state index in [4.69, 9.17) is 14.3 Å². The van der Waals surface area contributed by atoms with Gasteiger partial charge in [-0.05, 0) is 33.3 Å². The number of fused-ring (bicyclic) bond motifs is 1. The molecule has 1 atom stereocenters. The van der Waals surface area contributed by atoms with E-state index in [1.54, 1.807) is 20.8 Å². The Hall–Kier alpha value is -3.63. The number of imide groups is 1. The van der Waals surface area contributed by atoms with Gasteiger partial charge in [0.15, 0.2) is 0 Å². The van der Waals surface area contributed by atoms with Crippen LogP contribution in [0.25, 0.3) is 0 Å². The SMILES string of the molecule is CCCC(NC(=O)OC(C)(C)C)C(=O)ON1C(=O)CCC1=O.O=C1Nc2ccccc2CO1. The van der Waals surface area contributed by atoms with Crippen LogP contribution in [-0.4, -0.2) is 46.7 Å². The average Bonchev–Trinajstić information content (AvgIpc) is 3.04. The van der Waals surface area contributed by atoms with Crippen LogP contribution in [0.15, 0.2) is 24.3 Å². The summed E-state index contributed by atoms with van der Waals surface area (Å²) in [7, 11) is 0. The molecule has 0 aromatic heterocycles. The van der Waals surface area contributed by atoms with Gasteiger partial charge < -0.3 is 19.6 Å². The predicted molar refractivity (Wildman–Crippen MR) is 115 cm³/mol. The van der Waals surface area contributed by atoms with Crippen LogP contribution in [-0.2, 0) is 35.3 Å². The molecule has 33 heavy (non-hydrogen) atoms. The maximum Gasteiger partial charge on any atom is 0.411 e. The fraction of sp³-hybridized carbons (Fsp3) is 0.500. The molecular formula is C22H29N3O8. The number of amides is 4. The van der Waals surface area contributed by atoms with Gasteiger partial charge >= 0.3 is 18.2 Å². The first-order valence-electron chi connectivity index (χ1n) is 10.6. The first kappa shape index (κ1) is 25.6. The molecule has 1 unspecified atom stereocenters. The van der Waals surface area contributed by atoms with E-state index in [0.29, 0.717) is 24.5 Å². The summed E-state index contributed by atoms with van der Waals surface area (Å²) in [5.74, 6) is -1.99. The molecule has 3 rings (SSSR count). The van der Waals surface area contributed by atoms with Crippen LogP contribution in [0, 0.1) is 0 Å². The predicted octanol–water partition coefficient (Wildman–Crippen LogP) is 3.04. The van der Waals surface area contributed by atoms with Crippen LogP contribution in [0.4, 0.5) is 15.3 Å². The zero-order valence-corrected chi connectivity index (χ0v) is 19.1. The summed E-state index contributed by atoms with van der Waals surface area (Å²) in [6.07, 6.45) is -0.203. The van der Waals surface area contributed by atoms with Crippen molar-refractivity contribution in [2.45, 2.75) is 71.6 Å². The van der Waals surface area contributed by atoms with E-state index in [9.17, 15) is 24.0 Å². The molecule has 2 aliphatic heterocycles. The Kier molecular flexibility index (Phi) is 8.78. The summed E-state index contributed by atoms with van der Waals surface area (Å²) in [6, 6.07) is 6.59. The average molecular weight is 463 g/mol. The number of para-hydroxylation sites is 1. The summed E-state index contributed by atoms with van der Waals surface area (Å²) < 4.78 is 9.83. The topological polar surface area (TPSA) is 140 Å². The van der Waals surface area contributed by atoms with Crippen molar-refractivity contribution < 1.29 is 38.3 Å². The molecule has 11 nitrogen and oxygen atoms in total. The minimum atomic E-state index is -0.985. The number of cyclic esters (lactones) is 1. The Morgan fingerprint density at radius 2 is 1.79 bits per heavy atom. The zero-order valence-electron chi connectivity index (χ0n) is 19.1. The Bertz CT molecular complexity index is 893. The van der Waals surface area contributed by atoms with Gasteiger partial charge in [-0.1, -0.05) is 31.5 Å². The summed E-state index contributed by atoms with van der Waals surface area (Å²) in [5.41, 5.74) is 1.17. The summed E-state index contributed by atoms with van der Waals surface area (Å²) in [5, 5.41) is 5.45. The number of nitrogens with one attached hydrogen (secondary N) is 2. The largest absolute Gasteiger partial charge is 0.444 e. The Morgan fingerprint density at radius 1 is 1.15 bits per heavy atom. The molecular weight excluding hydrogens is 434 g/mol. The maximum absolute atomic E-state index is 12.0. The van der Waals surface area contributed by atoms with Gasteiger partial charge in [-0.15, -0.1) is 5.06 Å². The van der Waals surface area contributed by atoms with Crippen molar-refractivity contribution in [1.82, 2.24) is 10.4 Å². The van der Waals surface area contributed by atoms with Crippen LogP contribution >= 0.6 is 0 Å². The third-order valence-electron chi connectivity index (χ3n) is 4.35. The Labute approximate surface area is 191 Å². The molecule has 1 aromatic rings. The van der Waals surface area contributed by atoms with E-state index in [1.807, 2.05) is 31.2 Å². The normalized spacial score (nSPS) is 15.9. The molecule has 0 saturated carbocycles. The number of carbonyl (C=O) groups excluding carboxylic acids is 5. The number of rotatable bonds is 5. The molecule has 1 fully saturated rings. The first-order chi connectivity index (χ1) is 15.5. The van der Waals surface area contributed by atoms with Gasteiger partial charge in [-0.25, -0.2) is 14.4 Å². The van der Waals surface area contributed by atoms with Gasteiger partial charge in [0.05, 0.1) is 5.69 Å². The number of hydroxylamine groups is 2. The monoisotopic (exact) mass is 463 g/mol. The van der Waals surface area contributed by atoms with E-state index in [1.165, 1.54) is 0 Å². The van der Waals surface area contributed by atoms with Gasteiger partial charge in [-0.2, -0.15) is 0 Å².